The summed E-state index contributed by atoms with van der Waals surface area (Å²) in [4.78, 5) is 24.8. The summed E-state index contributed by atoms with van der Waals surface area (Å²) in [6.45, 7) is 0.521. The molecule has 0 saturated heterocycles. The normalized spacial score (nSPS) is 13.4. The van der Waals surface area contributed by atoms with Gasteiger partial charge in [-0.1, -0.05) is 30.3 Å². The number of hydrogen-bond donors (Lipinski definition) is 0. The number of pyridine rings is 1. The molecule has 0 radical (unpaired) electrons. The molecule has 0 bridgehead atoms. The first kappa shape index (κ1) is 16.6. The van der Waals surface area contributed by atoms with Gasteiger partial charge in [0.15, 0.2) is 11.5 Å². The van der Waals surface area contributed by atoms with Crippen molar-refractivity contribution in [1.82, 2.24) is 24.1 Å². The maximum atomic E-state index is 13.4. The predicted octanol–water partition coefficient (Wildman–Crippen LogP) is 3.70. The van der Waals surface area contributed by atoms with Gasteiger partial charge in [0.1, 0.15) is 4.83 Å². The van der Waals surface area contributed by atoms with Gasteiger partial charge in [0, 0.05) is 22.8 Å². The number of aromatic nitrogens is 5. The van der Waals surface area contributed by atoms with Crippen LogP contribution in [0.15, 0.2) is 59.7 Å². The molecule has 29 heavy (non-hydrogen) atoms. The van der Waals surface area contributed by atoms with E-state index in [1.807, 2.05) is 47.0 Å². The van der Waals surface area contributed by atoms with Gasteiger partial charge < -0.3 is 0 Å². The predicted molar refractivity (Wildman–Crippen MR) is 113 cm³/mol. The quantitative estimate of drug-likeness (QED) is 0.464. The van der Waals surface area contributed by atoms with Gasteiger partial charge in [0.2, 0.25) is 0 Å². The Bertz CT molecular complexity index is 1420. The minimum atomic E-state index is -0.154. The number of aryl methyl sites for hydroxylation is 2. The number of rotatable bonds is 3. The van der Waals surface area contributed by atoms with E-state index in [2.05, 4.69) is 10.1 Å². The van der Waals surface area contributed by atoms with Crippen LogP contribution in [0.1, 0.15) is 22.4 Å². The molecule has 4 aromatic heterocycles. The molecule has 0 unspecified atom stereocenters. The zero-order valence-electron chi connectivity index (χ0n) is 15.6. The zero-order valence-corrected chi connectivity index (χ0v) is 16.4. The smallest absolute Gasteiger partial charge is 0.278 e. The summed E-state index contributed by atoms with van der Waals surface area (Å²) in [6, 6.07) is 13.9. The molecule has 0 amide bonds. The van der Waals surface area contributed by atoms with Crippen LogP contribution in [-0.2, 0) is 19.4 Å². The summed E-state index contributed by atoms with van der Waals surface area (Å²) in [6.07, 6.45) is 6.71. The standard InChI is InChI=1S/C22H17N5OS/c28-22-26(13-14-6-2-1-3-7-14)21-18(16-9-4-10-17(16)29-21)20-24-19(25-27(20)22)15-8-5-11-23-12-15/h1-3,5-8,11-12H,4,9-10,13H2. The minimum Gasteiger partial charge on any atom is -0.278 e. The van der Waals surface area contributed by atoms with Crippen LogP contribution in [-0.4, -0.2) is 24.1 Å². The molecule has 0 N–H and O–H groups in total. The molecule has 0 atom stereocenters. The number of nitrogens with zero attached hydrogens (tertiary/aromatic N) is 5. The van der Waals surface area contributed by atoms with Gasteiger partial charge in [-0.2, -0.15) is 4.52 Å². The van der Waals surface area contributed by atoms with E-state index < -0.39 is 0 Å². The molecule has 5 aromatic rings. The molecule has 1 aliphatic carbocycles. The fourth-order valence-electron chi connectivity index (χ4n) is 4.14. The van der Waals surface area contributed by atoms with Crippen LogP contribution in [0.2, 0.25) is 0 Å². The van der Waals surface area contributed by atoms with Crippen LogP contribution in [0, 0.1) is 0 Å². The average molecular weight is 399 g/mol. The van der Waals surface area contributed by atoms with Gasteiger partial charge in [0.25, 0.3) is 0 Å². The van der Waals surface area contributed by atoms with Crippen molar-refractivity contribution in [1.29, 1.82) is 0 Å². The van der Waals surface area contributed by atoms with Crippen LogP contribution in [0.3, 0.4) is 0 Å². The Morgan fingerprint density at radius 2 is 1.97 bits per heavy atom. The second-order valence-corrected chi connectivity index (χ2v) is 8.39. The van der Waals surface area contributed by atoms with Gasteiger partial charge >= 0.3 is 5.69 Å². The lowest BCUT2D eigenvalue weighted by molar-refractivity contribution is 0.720. The van der Waals surface area contributed by atoms with Crippen molar-refractivity contribution >= 4 is 27.2 Å². The molecule has 0 fully saturated rings. The van der Waals surface area contributed by atoms with Crippen molar-refractivity contribution in [3.63, 3.8) is 0 Å². The third-order valence-electron chi connectivity index (χ3n) is 5.49. The maximum Gasteiger partial charge on any atom is 0.352 e. The van der Waals surface area contributed by atoms with Crippen LogP contribution in [0.25, 0.3) is 27.3 Å². The Kier molecular flexibility index (Phi) is 3.64. The van der Waals surface area contributed by atoms with Crippen LogP contribution in [0.5, 0.6) is 0 Å². The fourth-order valence-corrected chi connectivity index (χ4v) is 5.52. The van der Waals surface area contributed by atoms with Crippen molar-refractivity contribution in [2.75, 3.05) is 0 Å². The van der Waals surface area contributed by atoms with E-state index in [1.165, 1.54) is 15.0 Å². The van der Waals surface area contributed by atoms with Gasteiger partial charge in [-0.15, -0.1) is 16.4 Å². The molecule has 7 heteroatoms. The van der Waals surface area contributed by atoms with E-state index in [0.717, 1.165) is 40.6 Å². The largest absolute Gasteiger partial charge is 0.352 e. The third-order valence-corrected chi connectivity index (χ3v) is 6.81. The molecule has 142 valence electrons. The molecule has 1 aliphatic rings. The Morgan fingerprint density at radius 1 is 1.07 bits per heavy atom. The number of hydrogen-bond acceptors (Lipinski definition) is 5. The summed E-state index contributed by atoms with van der Waals surface area (Å²) < 4.78 is 3.32. The second kappa shape index (κ2) is 6.35. The van der Waals surface area contributed by atoms with E-state index in [-0.39, 0.29) is 5.69 Å². The van der Waals surface area contributed by atoms with E-state index in [9.17, 15) is 4.79 Å². The highest BCUT2D eigenvalue weighted by Crippen LogP contribution is 2.38. The molecule has 0 aliphatic heterocycles. The molecule has 4 heterocycles. The third kappa shape index (κ3) is 2.54. The Balaban J connectivity index is 1.67. The molecule has 0 saturated carbocycles. The van der Waals surface area contributed by atoms with Crippen molar-refractivity contribution in [3.8, 4) is 11.4 Å². The molecule has 6 rings (SSSR count). The van der Waals surface area contributed by atoms with E-state index >= 15 is 0 Å². The number of fused-ring (bicyclic) bond motifs is 5. The Labute approximate surface area is 170 Å². The van der Waals surface area contributed by atoms with Crippen molar-refractivity contribution in [2.24, 2.45) is 0 Å². The zero-order chi connectivity index (χ0) is 19.4. The summed E-state index contributed by atoms with van der Waals surface area (Å²) in [5, 5.41) is 5.66. The maximum absolute atomic E-state index is 13.4. The van der Waals surface area contributed by atoms with Gasteiger partial charge in [-0.05, 0) is 42.5 Å². The summed E-state index contributed by atoms with van der Waals surface area (Å²) in [5.41, 5.74) is 3.75. The lowest BCUT2D eigenvalue weighted by Gasteiger charge is -2.09. The van der Waals surface area contributed by atoms with E-state index in [0.29, 0.717) is 18.0 Å². The second-order valence-electron chi connectivity index (χ2n) is 7.30. The number of thiophene rings is 1. The van der Waals surface area contributed by atoms with Crippen LogP contribution in [0.4, 0.5) is 0 Å². The molecule has 6 nitrogen and oxygen atoms in total. The average Bonchev–Trinajstić information content (AvgIpc) is 3.47. The lowest BCUT2D eigenvalue weighted by Crippen LogP contribution is -2.28. The molecular formula is C22H17N5OS. The van der Waals surface area contributed by atoms with Crippen molar-refractivity contribution in [2.45, 2.75) is 25.8 Å². The SMILES string of the molecule is O=c1n(Cc2ccccc2)c2sc3c(c2c2nc(-c4cccnc4)nn12)CCC3. The summed E-state index contributed by atoms with van der Waals surface area (Å²) in [5.74, 6) is 0.534. The highest BCUT2D eigenvalue weighted by molar-refractivity contribution is 7.19. The highest BCUT2D eigenvalue weighted by Gasteiger charge is 2.25. The fraction of sp³-hybridized carbons (Fsp3) is 0.182. The monoisotopic (exact) mass is 399 g/mol. The van der Waals surface area contributed by atoms with E-state index in [4.69, 9.17) is 4.98 Å². The van der Waals surface area contributed by atoms with Crippen molar-refractivity contribution < 1.29 is 0 Å². The highest BCUT2D eigenvalue weighted by atomic mass is 32.1. The van der Waals surface area contributed by atoms with Crippen molar-refractivity contribution in [3.05, 3.63) is 81.3 Å². The van der Waals surface area contributed by atoms with Gasteiger partial charge in [-0.3, -0.25) is 9.55 Å². The molecule has 0 spiro atoms. The first-order valence-electron chi connectivity index (χ1n) is 9.68. The Morgan fingerprint density at radius 3 is 2.79 bits per heavy atom. The van der Waals surface area contributed by atoms with Gasteiger partial charge in [-0.25, -0.2) is 9.78 Å². The number of benzene rings is 1. The molecule has 1 aromatic carbocycles. The van der Waals surface area contributed by atoms with Gasteiger partial charge in [0.05, 0.1) is 11.9 Å². The molecular weight excluding hydrogens is 382 g/mol. The summed E-state index contributed by atoms with van der Waals surface area (Å²) >= 11 is 1.74. The summed E-state index contributed by atoms with van der Waals surface area (Å²) in [7, 11) is 0. The Hall–Kier alpha value is -3.32. The van der Waals surface area contributed by atoms with Crippen LogP contribution >= 0.6 is 11.3 Å². The minimum absolute atomic E-state index is 0.154. The first-order valence-corrected chi connectivity index (χ1v) is 10.5. The lowest BCUT2D eigenvalue weighted by atomic mass is 10.2. The van der Waals surface area contributed by atoms with E-state index in [1.54, 1.807) is 23.7 Å². The first-order chi connectivity index (χ1) is 14.3. The topological polar surface area (TPSA) is 65.1 Å². The van der Waals surface area contributed by atoms with Crippen LogP contribution < -0.4 is 5.69 Å².